The molecule has 0 amide bonds. The molecular formula is C13H27N. The van der Waals surface area contributed by atoms with Crippen molar-refractivity contribution >= 4 is 0 Å². The van der Waals surface area contributed by atoms with Gasteiger partial charge in [0.25, 0.3) is 0 Å². The molecule has 0 radical (unpaired) electrons. The van der Waals surface area contributed by atoms with Gasteiger partial charge in [-0.1, -0.05) is 60.5 Å². The van der Waals surface area contributed by atoms with E-state index in [-0.39, 0.29) is 22.3 Å². The lowest BCUT2D eigenvalue weighted by molar-refractivity contribution is 0.886. The molecule has 14 heavy (non-hydrogen) atoms. The van der Waals surface area contributed by atoms with Crippen molar-refractivity contribution in [2.75, 3.05) is 0 Å². The van der Waals surface area contributed by atoms with Crippen LogP contribution in [-0.2, 0) is 0 Å². The van der Waals surface area contributed by atoms with Gasteiger partial charge in [-0.25, -0.2) is 0 Å². The van der Waals surface area contributed by atoms with Crippen LogP contribution in [0.1, 0.15) is 54.4 Å². The summed E-state index contributed by atoms with van der Waals surface area (Å²) < 4.78 is 0. The molecule has 0 atom stereocenters. The van der Waals surface area contributed by atoms with E-state index < -0.39 is 0 Å². The second-order valence-corrected chi connectivity index (χ2v) is 2.79. The fraction of sp³-hybridized carbons (Fsp3) is 0.615. The van der Waals surface area contributed by atoms with Crippen molar-refractivity contribution in [2.45, 2.75) is 54.4 Å². The molecule has 1 aliphatic carbocycles. The molecule has 1 aliphatic rings. The third kappa shape index (κ3) is 11.2. The Morgan fingerprint density at radius 3 is 1.07 bits per heavy atom. The Labute approximate surface area is 90.6 Å². The Morgan fingerprint density at radius 1 is 0.571 bits per heavy atom. The number of hydrogen-bond acceptors (Lipinski definition) is 1. The monoisotopic (exact) mass is 197 g/mol. The lowest BCUT2D eigenvalue weighted by Gasteiger charge is -1.70. The van der Waals surface area contributed by atoms with Crippen LogP contribution in [0.5, 0.6) is 0 Å². The van der Waals surface area contributed by atoms with Crippen LogP contribution >= 0.6 is 0 Å². The van der Waals surface area contributed by atoms with Crippen molar-refractivity contribution in [1.29, 1.82) is 0 Å². The van der Waals surface area contributed by atoms with E-state index in [2.05, 4.69) is 4.98 Å². The highest BCUT2D eigenvalue weighted by atomic mass is 14.6. The SMILES string of the molecule is C.C.C.C1CCCC1.c1ccncc1. The molecule has 0 saturated heterocycles. The van der Waals surface area contributed by atoms with E-state index in [1.165, 1.54) is 32.1 Å². The normalized spacial score (nSPS) is 12.0. The average molecular weight is 197 g/mol. The molecule has 0 N–H and O–H groups in total. The molecule has 1 aromatic rings. The smallest absolute Gasteiger partial charge is 0.0267 e. The highest BCUT2D eigenvalue weighted by molar-refractivity contribution is 4.88. The van der Waals surface area contributed by atoms with Crippen molar-refractivity contribution in [3.05, 3.63) is 30.6 Å². The van der Waals surface area contributed by atoms with Crippen molar-refractivity contribution < 1.29 is 0 Å². The largest absolute Gasteiger partial charge is 0.265 e. The number of pyridine rings is 1. The maximum Gasteiger partial charge on any atom is 0.0267 e. The van der Waals surface area contributed by atoms with Crippen molar-refractivity contribution in [2.24, 2.45) is 0 Å². The Bertz CT molecular complexity index is 122. The molecule has 1 aromatic heterocycles. The lowest BCUT2D eigenvalue weighted by atomic mass is 10.4. The predicted molar refractivity (Wildman–Crippen MR) is 67.5 cm³/mol. The van der Waals surface area contributed by atoms with Gasteiger partial charge < -0.3 is 0 Å². The van der Waals surface area contributed by atoms with Crippen molar-refractivity contribution in [1.82, 2.24) is 4.98 Å². The van der Waals surface area contributed by atoms with Gasteiger partial charge in [0.15, 0.2) is 0 Å². The summed E-state index contributed by atoms with van der Waals surface area (Å²) in [4.78, 5) is 3.78. The zero-order chi connectivity index (χ0) is 7.78. The molecule has 1 heteroatoms. The van der Waals surface area contributed by atoms with Gasteiger partial charge in [-0.2, -0.15) is 0 Å². The zero-order valence-corrected chi connectivity index (χ0v) is 6.87. The quantitative estimate of drug-likeness (QED) is 0.574. The minimum absolute atomic E-state index is 0. The molecule has 1 heterocycles. The van der Waals surface area contributed by atoms with E-state index in [0.717, 1.165) is 0 Å². The first-order chi connectivity index (χ1) is 5.50. The van der Waals surface area contributed by atoms with Gasteiger partial charge >= 0.3 is 0 Å². The summed E-state index contributed by atoms with van der Waals surface area (Å²) in [5, 5.41) is 0. The van der Waals surface area contributed by atoms with Crippen LogP contribution in [0.2, 0.25) is 0 Å². The number of rotatable bonds is 0. The minimum Gasteiger partial charge on any atom is -0.265 e. The molecule has 0 spiro atoms. The first-order valence-electron chi connectivity index (χ1n) is 4.35. The zero-order valence-electron chi connectivity index (χ0n) is 6.87. The summed E-state index contributed by atoms with van der Waals surface area (Å²) in [6, 6.07) is 5.72. The molecule has 0 aromatic carbocycles. The van der Waals surface area contributed by atoms with Crippen LogP contribution in [0.4, 0.5) is 0 Å². The molecule has 1 nitrogen and oxygen atoms in total. The van der Waals surface area contributed by atoms with Gasteiger partial charge in [-0.15, -0.1) is 0 Å². The molecule has 1 fully saturated rings. The van der Waals surface area contributed by atoms with Gasteiger partial charge in [-0.3, -0.25) is 4.98 Å². The fourth-order valence-electron chi connectivity index (χ4n) is 1.20. The Hall–Kier alpha value is -0.850. The maximum atomic E-state index is 3.78. The summed E-state index contributed by atoms with van der Waals surface area (Å²) in [5.74, 6) is 0. The standard InChI is InChI=1S/C5H5N.C5H10.3CH4/c1-2-4-6-5-3-1;1-2-4-5-3-1;;;/h1-5H;1-5H2;3*1H4. The maximum absolute atomic E-state index is 3.78. The van der Waals surface area contributed by atoms with Gasteiger partial charge in [-0.05, 0) is 12.1 Å². The van der Waals surface area contributed by atoms with E-state index >= 15 is 0 Å². The summed E-state index contributed by atoms with van der Waals surface area (Å²) >= 11 is 0. The lowest BCUT2D eigenvalue weighted by Crippen LogP contribution is -1.58. The van der Waals surface area contributed by atoms with Gasteiger partial charge in [0.05, 0.1) is 0 Å². The first kappa shape index (κ1) is 18.8. The number of aromatic nitrogens is 1. The highest BCUT2D eigenvalue weighted by Crippen LogP contribution is 2.15. The summed E-state index contributed by atoms with van der Waals surface area (Å²) in [5.41, 5.74) is 0. The van der Waals surface area contributed by atoms with E-state index in [4.69, 9.17) is 0 Å². The van der Waals surface area contributed by atoms with E-state index in [9.17, 15) is 0 Å². The minimum atomic E-state index is 0. The van der Waals surface area contributed by atoms with Crippen LogP contribution in [-0.4, -0.2) is 4.98 Å². The Morgan fingerprint density at radius 2 is 0.929 bits per heavy atom. The third-order valence-corrected chi connectivity index (χ3v) is 1.82. The predicted octanol–water partition coefficient (Wildman–Crippen LogP) is 4.94. The summed E-state index contributed by atoms with van der Waals surface area (Å²) in [6.07, 6.45) is 11.0. The Balaban J connectivity index is -0.000000144. The van der Waals surface area contributed by atoms with Crippen LogP contribution in [0.3, 0.4) is 0 Å². The second-order valence-electron chi connectivity index (χ2n) is 2.79. The molecule has 2 rings (SSSR count). The van der Waals surface area contributed by atoms with Crippen LogP contribution in [0.15, 0.2) is 30.6 Å². The molecule has 1 saturated carbocycles. The van der Waals surface area contributed by atoms with Crippen molar-refractivity contribution in [3.8, 4) is 0 Å². The fourth-order valence-corrected chi connectivity index (χ4v) is 1.20. The van der Waals surface area contributed by atoms with Crippen LogP contribution in [0, 0.1) is 0 Å². The Kier molecular flexibility index (Phi) is 19.7. The van der Waals surface area contributed by atoms with Crippen LogP contribution < -0.4 is 0 Å². The number of hydrogen-bond donors (Lipinski definition) is 0. The van der Waals surface area contributed by atoms with Gasteiger partial charge in [0.1, 0.15) is 0 Å². The highest BCUT2D eigenvalue weighted by Gasteiger charge is 1.95. The first-order valence-corrected chi connectivity index (χ1v) is 4.35. The summed E-state index contributed by atoms with van der Waals surface area (Å²) in [6.45, 7) is 0. The molecular weight excluding hydrogens is 170 g/mol. The van der Waals surface area contributed by atoms with Crippen LogP contribution in [0.25, 0.3) is 0 Å². The van der Waals surface area contributed by atoms with E-state index in [0.29, 0.717) is 0 Å². The van der Waals surface area contributed by atoms with Gasteiger partial charge in [0, 0.05) is 12.4 Å². The topological polar surface area (TPSA) is 12.9 Å². The second kappa shape index (κ2) is 14.7. The van der Waals surface area contributed by atoms with E-state index in [1.807, 2.05) is 18.2 Å². The third-order valence-electron chi connectivity index (χ3n) is 1.82. The van der Waals surface area contributed by atoms with Gasteiger partial charge in [0.2, 0.25) is 0 Å². The number of nitrogens with zero attached hydrogens (tertiary/aromatic N) is 1. The average Bonchev–Trinajstić information content (AvgIpc) is 2.64. The van der Waals surface area contributed by atoms with E-state index in [1.54, 1.807) is 12.4 Å². The summed E-state index contributed by atoms with van der Waals surface area (Å²) in [7, 11) is 0. The molecule has 84 valence electrons. The molecule has 0 aliphatic heterocycles. The molecule has 0 bridgehead atoms. The molecule has 0 unspecified atom stereocenters. The van der Waals surface area contributed by atoms with Crippen molar-refractivity contribution in [3.63, 3.8) is 0 Å².